The summed E-state index contributed by atoms with van der Waals surface area (Å²) in [5.74, 6) is -3.78. The number of carbonyl (C=O) groups excluding carboxylic acids is 1. The molecule has 1 unspecified atom stereocenters. The fraction of sp³-hybridized carbons (Fsp3) is 0.133. The molecule has 0 aliphatic carbocycles. The second-order valence-electron chi connectivity index (χ2n) is 5.53. The summed E-state index contributed by atoms with van der Waals surface area (Å²) in [6.45, 7) is -0.834. The van der Waals surface area contributed by atoms with E-state index < -0.39 is 55.1 Å². The number of hydrogen-bond donors (Lipinski definition) is 4. The van der Waals surface area contributed by atoms with Gasteiger partial charge < -0.3 is 0 Å². The molecule has 29 heavy (non-hydrogen) atoms. The van der Waals surface area contributed by atoms with Gasteiger partial charge in [-0.25, -0.2) is 35.8 Å². The largest absolute Gasteiger partial charge is 0.289 e. The van der Waals surface area contributed by atoms with Crippen LogP contribution in [-0.4, -0.2) is 40.5 Å². The van der Waals surface area contributed by atoms with Gasteiger partial charge in [-0.05, 0) is 36.4 Å². The number of amides is 1. The molecule has 1 amide bonds. The zero-order chi connectivity index (χ0) is 21.8. The first kappa shape index (κ1) is 23.1. The Labute approximate surface area is 169 Å². The highest BCUT2D eigenvalue weighted by atomic mass is 35.5. The van der Waals surface area contributed by atoms with Crippen molar-refractivity contribution in [1.29, 1.82) is 0 Å². The number of hydroxylamine groups is 1. The highest BCUT2D eigenvalue weighted by molar-refractivity contribution is 7.90. The molecule has 158 valence electrons. The van der Waals surface area contributed by atoms with Crippen LogP contribution in [0.2, 0.25) is 5.02 Å². The minimum Gasteiger partial charge on any atom is -0.289 e. The second kappa shape index (κ2) is 9.11. The number of sulfonamides is 2. The Kier molecular flexibility index (Phi) is 7.26. The summed E-state index contributed by atoms with van der Waals surface area (Å²) in [7, 11) is -8.89. The predicted molar refractivity (Wildman–Crippen MR) is 97.0 cm³/mol. The van der Waals surface area contributed by atoms with E-state index in [2.05, 4.69) is 0 Å². The Morgan fingerprint density at radius 1 is 1.03 bits per heavy atom. The fourth-order valence-electron chi connectivity index (χ4n) is 2.10. The van der Waals surface area contributed by atoms with E-state index in [-0.39, 0.29) is 9.92 Å². The average molecular weight is 470 g/mol. The third-order valence-corrected chi connectivity index (χ3v) is 6.71. The summed E-state index contributed by atoms with van der Waals surface area (Å²) >= 11 is 5.68. The van der Waals surface area contributed by atoms with Crippen LogP contribution < -0.4 is 14.9 Å². The maximum Gasteiger partial charge on any atom is 0.262 e. The van der Waals surface area contributed by atoms with Gasteiger partial charge in [0.05, 0.1) is 4.90 Å². The fourth-order valence-corrected chi connectivity index (χ4v) is 4.53. The van der Waals surface area contributed by atoms with Gasteiger partial charge in [-0.3, -0.25) is 10.0 Å². The van der Waals surface area contributed by atoms with Gasteiger partial charge >= 0.3 is 0 Å². The molecule has 0 radical (unpaired) electrons. The standard InChI is InChI=1S/C15H14ClF2N3O6S2/c16-9-1-4-11(5-2-9)28(24,25)19-8-13(15(22)20-23)21-29(26,27)14-6-3-10(17)7-12(14)18/h1-7,13,19,21,23H,8H2,(H,20,22). The van der Waals surface area contributed by atoms with Crippen LogP contribution in [0.3, 0.4) is 0 Å². The van der Waals surface area contributed by atoms with E-state index in [1.54, 1.807) is 4.72 Å². The van der Waals surface area contributed by atoms with Crippen LogP contribution in [0.25, 0.3) is 0 Å². The van der Waals surface area contributed by atoms with Crippen LogP contribution in [0.15, 0.2) is 52.3 Å². The van der Waals surface area contributed by atoms with E-state index in [1.807, 2.05) is 4.72 Å². The highest BCUT2D eigenvalue weighted by Crippen LogP contribution is 2.16. The van der Waals surface area contributed by atoms with Crippen molar-refractivity contribution >= 4 is 37.6 Å². The van der Waals surface area contributed by atoms with Crippen LogP contribution in [0.5, 0.6) is 0 Å². The summed E-state index contributed by atoms with van der Waals surface area (Å²) in [4.78, 5) is 10.6. The van der Waals surface area contributed by atoms with Crippen LogP contribution >= 0.6 is 11.6 Å². The molecule has 1 atom stereocenters. The molecule has 0 aliphatic rings. The van der Waals surface area contributed by atoms with Crippen molar-refractivity contribution in [1.82, 2.24) is 14.9 Å². The third kappa shape index (κ3) is 5.91. The molecule has 0 bridgehead atoms. The van der Waals surface area contributed by atoms with Gasteiger partial charge in [0.15, 0.2) is 0 Å². The Morgan fingerprint density at radius 2 is 1.66 bits per heavy atom. The smallest absolute Gasteiger partial charge is 0.262 e. The Hall–Kier alpha value is -2.16. The van der Waals surface area contributed by atoms with Gasteiger partial charge in [0.1, 0.15) is 22.6 Å². The predicted octanol–water partition coefficient (Wildman–Crippen LogP) is 0.749. The van der Waals surface area contributed by atoms with Crippen molar-refractivity contribution in [3.05, 3.63) is 59.1 Å². The number of halogens is 3. The Balaban J connectivity index is 2.23. The van der Waals surface area contributed by atoms with E-state index >= 15 is 0 Å². The summed E-state index contributed by atoms with van der Waals surface area (Å²) in [6.07, 6.45) is 0. The molecule has 0 aliphatic heterocycles. The molecule has 0 saturated heterocycles. The quantitative estimate of drug-likeness (QED) is 0.332. The minimum absolute atomic E-state index is 0.225. The summed E-state index contributed by atoms with van der Waals surface area (Å²) in [5.41, 5.74) is 1.17. The summed E-state index contributed by atoms with van der Waals surface area (Å²) < 4.78 is 79.6. The molecule has 14 heteroatoms. The molecule has 0 fully saturated rings. The lowest BCUT2D eigenvalue weighted by atomic mass is 10.3. The second-order valence-corrected chi connectivity index (χ2v) is 9.42. The van der Waals surface area contributed by atoms with Crippen molar-refractivity contribution < 1.29 is 35.6 Å². The van der Waals surface area contributed by atoms with Crippen molar-refractivity contribution in [2.45, 2.75) is 15.8 Å². The molecular weight excluding hydrogens is 456 g/mol. The first-order chi connectivity index (χ1) is 13.5. The van der Waals surface area contributed by atoms with Crippen LogP contribution in [0.4, 0.5) is 8.78 Å². The zero-order valence-corrected chi connectivity index (χ0v) is 16.7. The van der Waals surface area contributed by atoms with E-state index in [4.69, 9.17) is 16.8 Å². The first-order valence-corrected chi connectivity index (χ1v) is 11.0. The van der Waals surface area contributed by atoms with Crippen LogP contribution in [0, 0.1) is 11.6 Å². The lowest BCUT2D eigenvalue weighted by Gasteiger charge is -2.18. The van der Waals surface area contributed by atoms with Gasteiger partial charge in [0, 0.05) is 17.6 Å². The van der Waals surface area contributed by atoms with Gasteiger partial charge in [0.2, 0.25) is 20.0 Å². The highest BCUT2D eigenvalue weighted by Gasteiger charge is 2.29. The lowest BCUT2D eigenvalue weighted by molar-refractivity contribution is -0.130. The molecule has 0 aromatic heterocycles. The van der Waals surface area contributed by atoms with Crippen molar-refractivity contribution in [2.24, 2.45) is 0 Å². The van der Waals surface area contributed by atoms with Crippen molar-refractivity contribution in [3.8, 4) is 0 Å². The number of benzene rings is 2. The molecule has 4 N–H and O–H groups in total. The molecule has 0 spiro atoms. The molecule has 0 heterocycles. The van der Waals surface area contributed by atoms with Crippen LogP contribution in [0.1, 0.15) is 0 Å². The molecule has 9 nitrogen and oxygen atoms in total. The number of nitrogens with one attached hydrogen (secondary N) is 3. The molecule has 2 aromatic carbocycles. The Bertz CT molecular complexity index is 1110. The lowest BCUT2D eigenvalue weighted by Crippen LogP contribution is -2.52. The van der Waals surface area contributed by atoms with E-state index in [0.29, 0.717) is 18.2 Å². The number of rotatable bonds is 8. The topological polar surface area (TPSA) is 142 Å². The molecule has 2 rings (SSSR count). The third-order valence-electron chi connectivity index (χ3n) is 3.51. The van der Waals surface area contributed by atoms with Gasteiger partial charge in [-0.15, -0.1) is 0 Å². The average Bonchev–Trinajstić information content (AvgIpc) is 2.64. The summed E-state index contributed by atoms with van der Waals surface area (Å²) in [6, 6.07) is 4.70. The normalized spacial score (nSPS) is 13.1. The van der Waals surface area contributed by atoms with Crippen molar-refractivity contribution in [2.75, 3.05) is 6.54 Å². The molecular formula is C15H14ClF2N3O6S2. The maximum atomic E-state index is 13.8. The SMILES string of the molecule is O=C(NO)C(CNS(=O)(=O)c1ccc(Cl)cc1)NS(=O)(=O)c1ccc(F)cc1F. The van der Waals surface area contributed by atoms with Gasteiger partial charge in [-0.1, -0.05) is 11.6 Å². The van der Waals surface area contributed by atoms with Crippen LogP contribution in [-0.2, 0) is 24.8 Å². The van der Waals surface area contributed by atoms with Gasteiger partial charge in [-0.2, -0.15) is 4.72 Å². The number of carbonyl (C=O) groups is 1. The molecule has 2 aromatic rings. The zero-order valence-electron chi connectivity index (χ0n) is 14.3. The van der Waals surface area contributed by atoms with Gasteiger partial charge in [0.25, 0.3) is 5.91 Å². The monoisotopic (exact) mass is 469 g/mol. The minimum atomic E-state index is -4.72. The van der Waals surface area contributed by atoms with E-state index in [0.717, 1.165) is 0 Å². The Morgan fingerprint density at radius 3 is 2.21 bits per heavy atom. The first-order valence-electron chi connectivity index (χ1n) is 7.63. The molecule has 0 saturated carbocycles. The summed E-state index contributed by atoms with van der Waals surface area (Å²) in [5, 5.41) is 9.06. The van der Waals surface area contributed by atoms with E-state index in [1.165, 1.54) is 29.7 Å². The number of hydrogen-bond acceptors (Lipinski definition) is 6. The van der Waals surface area contributed by atoms with E-state index in [9.17, 15) is 30.4 Å². The van der Waals surface area contributed by atoms with Crippen molar-refractivity contribution in [3.63, 3.8) is 0 Å². The maximum absolute atomic E-state index is 13.8.